The third-order valence-electron chi connectivity index (χ3n) is 7.97. The summed E-state index contributed by atoms with van der Waals surface area (Å²) in [7, 11) is -3.90. The number of allylic oxidation sites excluding steroid dienone is 1. The Morgan fingerprint density at radius 2 is 1.80 bits per heavy atom. The molecule has 2 aromatic rings. The molecular weight excluding hydrogens is 460 g/mol. The Balaban J connectivity index is 1.78. The van der Waals surface area contributed by atoms with Gasteiger partial charge in [-0.25, -0.2) is 13.2 Å². The SMILES string of the molecule is C=C[C@H]1CCC[C@]23N(C(=O)OC(C)(C)C)c4ccccc4[C@]12CCN3S(=O)(=O)c1ccc(C)cc1. The van der Waals surface area contributed by atoms with Crippen molar-refractivity contribution in [2.24, 2.45) is 5.92 Å². The molecule has 0 unspecified atom stereocenters. The lowest BCUT2D eigenvalue weighted by Gasteiger charge is -2.54. The van der Waals surface area contributed by atoms with E-state index in [0.29, 0.717) is 19.4 Å². The fraction of sp³-hybridized carbons (Fsp3) is 0.464. The number of sulfonamides is 1. The van der Waals surface area contributed by atoms with Gasteiger partial charge in [0, 0.05) is 12.0 Å². The molecule has 1 saturated heterocycles. The highest BCUT2D eigenvalue weighted by molar-refractivity contribution is 7.89. The molecule has 186 valence electrons. The van der Waals surface area contributed by atoms with Gasteiger partial charge < -0.3 is 4.74 Å². The zero-order chi connectivity index (χ0) is 25.2. The number of hydrogen-bond acceptors (Lipinski definition) is 4. The number of carbonyl (C=O) groups is 1. The normalized spacial score (nSPS) is 28.2. The molecular formula is C28H34N2O4S. The lowest BCUT2D eigenvalue weighted by Crippen LogP contribution is -2.69. The first-order chi connectivity index (χ1) is 16.5. The van der Waals surface area contributed by atoms with Crippen LogP contribution in [0, 0.1) is 12.8 Å². The minimum atomic E-state index is -3.90. The smallest absolute Gasteiger partial charge is 0.416 e. The van der Waals surface area contributed by atoms with Crippen molar-refractivity contribution in [3.8, 4) is 0 Å². The van der Waals surface area contributed by atoms with Crippen molar-refractivity contribution < 1.29 is 17.9 Å². The minimum absolute atomic E-state index is 0.0306. The first kappa shape index (κ1) is 24.1. The van der Waals surface area contributed by atoms with Crippen molar-refractivity contribution in [1.82, 2.24) is 4.31 Å². The summed E-state index contributed by atoms with van der Waals surface area (Å²) < 4.78 is 36.0. The van der Waals surface area contributed by atoms with Crippen LogP contribution in [0.15, 0.2) is 66.1 Å². The molecule has 6 nitrogen and oxygen atoms in total. The molecule has 0 N–H and O–H groups in total. The average Bonchev–Trinajstić information content (AvgIpc) is 3.27. The maximum absolute atomic E-state index is 14.3. The van der Waals surface area contributed by atoms with Gasteiger partial charge >= 0.3 is 6.09 Å². The summed E-state index contributed by atoms with van der Waals surface area (Å²) in [6, 6.07) is 14.8. The van der Waals surface area contributed by atoms with Crippen LogP contribution in [-0.2, 0) is 20.2 Å². The van der Waals surface area contributed by atoms with E-state index in [4.69, 9.17) is 4.74 Å². The largest absolute Gasteiger partial charge is 0.443 e. The Morgan fingerprint density at radius 3 is 2.46 bits per heavy atom. The molecule has 3 atom stereocenters. The molecule has 2 aliphatic heterocycles. The van der Waals surface area contributed by atoms with Crippen LogP contribution >= 0.6 is 0 Å². The van der Waals surface area contributed by atoms with E-state index in [1.165, 1.54) is 0 Å². The second-order valence-electron chi connectivity index (χ2n) is 11.0. The van der Waals surface area contributed by atoms with Gasteiger partial charge in [0.2, 0.25) is 10.0 Å². The minimum Gasteiger partial charge on any atom is -0.443 e. The number of benzene rings is 2. The Bertz CT molecular complexity index is 1280. The van der Waals surface area contributed by atoms with Gasteiger partial charge in [-0.1, -0.05) is 42.0 Å². The van der Waals surface area contributed by atoms with Crippen LogP contribution < -0.4 is 4.90 Å². The van der Waals surface area contributed by atoms with E-state index in [2.05, 4.69) is 12.6 Å². The van der Waals surface area contributed by atoms with Crippen LogP contribution in [0.5, 0.6) is 0 Å². The maximum Gasteiger partial charge on any atom is 0.416 e. The molecule has 2 aromatic carbocycles. The second kappa shape index (κ2) is 7.93. The molecule has 0 spiro atoms. The molecule has 1 saturated carbocycles. The van der Waals surface area contributed by atoms with E-state index in [1.54, 1.807) is 21.3 Å². The summed E-state index contributed by atoms with van der Waals surface area (Å²) in [5, 5.41) is 0. The van der Waals surface area contributed by atoms with Crippen LogP contribution in [0.1, 0.15) is 57.6 Å². The average molecular weight is 495 g/mol. The molecule has 2 heterocycles. The number of fused-ring (bicyclic) bond motifs is 1. The Labute approximate surface area is 208 Å². The maximum atomic E-state index is 14.3. The number of amides is 1. The predicted octanol–water partition coefficient (Wildman–Crippen LogP) is 5.76. The number of nitrogens with zero attached hydrogens (tertiary/aromatic N) is 2. The van der Waals surface area contributed by atoms with Crippen molar-refractivity contribution in [2.75, 3.05) is 11.4 Å². The fourth-order valence-corrected chi connectivity index (χ4v) is 8.58. The third kappa shape index (κ3) is 3.24. The number of carbonyl (C=O) groups excluding carboxylic acids is 1. The summed E-state index contributed by atoms with van der Waals surface area (Å²) in [4.78, 5) is 15.8. The predicted molar refractivity (Wildman–Crippen MR) is 137 cm³/mol. The van der Waals surface area contributed by atoms with E-state index < -0.39 is 32.8 Å². The third-order valence-corrected chi connectivity index (χ3v) is 9.91. The standard InChI is InChI=1S/C28H34N2O4S/c1-6-21-10-9-17-28-27(21,18-19-29(28)35(32,33)22-15-13-20(2)14-16-22)23-11-7-8-12-24(23)30(28)25(31)34-26(3,4)5/h6-8,11-16,21H,1,9-10,17-19H2,2-5H3/t21-,27-,28-/m0/s1. The van der Waals surface area contributed by atoms with Gasteiger partial charge in [0.05, 0.1) is 10.6 Å². The number of hydrogen-bond donors (Lipinski definition) is 0. The number of rotatable bonds is 3. The quantitative estimate of drug-likeness (QED) is 0.509. The topological polar surface area (TPSA) is 66.9 Å². The van der Waals surface area contributed by atoms with Gasteiger partial charge in [0.15, 0.2) is 0 Å². The number of para-hydroxylation sites is 1. The van der Waals surface area contributed by atoms with Gasteiger partial charge in [-0.2, -0.15) is 4.31 Å². The van der Waals surface area contributed by atoms with Crippen LogP contribution in [-0.4, -0.2) is 36.6 Å². The summed E-state index contributed by atoms with van der Waals surface area (Å²) in [6.07, 6.45) is 4.29. The first-order valence-corrected chi connectivity index (χ1v) is 13.8. The highest BCUT2D eigenvalue weighted by Crippen LogP contribution is 2.67. The van der Waals surface area contributed by atoms with Gasteiger partial charge in [0.25, 0.3) is 0 Å². The molecule has 35 heavy (non-hydrogen) atoms. The van der Waals surface area contributed by atoms with Gasteiger partial charge in [-0.05, 0) is 83.1 Å². The van der Waals surface area contributed by atoms with Gasteiger partial charge in [0.1, 0.15) is 11.3 Å². The molecule has 0 bridgehead atoms. The molecule has 0 radical (unpaired) electrons. The first-order valence-electron chi connectivity index (χ1n) is 12.3. The van der Waals surface area contributed by atoms with Crippen molar-refractivity contribution in [3.05, 3.63) is 72.3 Å². The van der Waals surface area contributed by atoms with E-state index in [9.17, 15) is 13.2 Å². The highest BCUT2D eigenvalue weighted by Gasteiger charge is 2.74. The number of anilines is 1. The molecule has 7 heteroatoms. The molecule has 1 amide bonds. The van der Waals surface area contributed by atoms with Crippen molar-refractivity contribution in [3.63, 3.8) is 0 Å². The van der Waals surface area contributed by atoms with Crippen LogP contribution in [0.4, 0.5) is 10.5 Å². The summed E-state index contributed by atoms with van der Waals surface area (Å²) in [5.74, 6) is 0.0306. The second-order valence-corrected chi connectivity index (χ2v) is 12.9. The van der Waals surface area contributed by atoms with Crippen molar-refractivity contribution in [2.45, 2.75) is 75.0 Å². The van der Waals surface area contributed by atoms with E-state index >= 15 is 0 Å². The molecule has 0 aromatic heterocycles. The molecule has 1 aliphatic carbocycles. The van der Waals surface area contributed by atoms with E-state index in [0.717, 1.165) is 29.7 Å². The molecule has 5 rings (SSSR count). The van der Waals surface area contributed by atoms with Crippen LogP contribution in [0.2, 0.25) is 0 Å². The lowest BCUT2D eigenvalue weighted by molar-refractivity contribution is 0.0314. The van der Waals surface area contributed by atoms with Gasteiger partial charge in [-0.3, -0.25) is 4.90 Å². The fourth-order valence-electron chi connectivity index (χ4n) is 6.78. The number of ether oxygens (including phenoxy) is 1. The Hall–Kier alpha value is -2.64. The van der Waals surface area contributed by atoms with E-state index in [1.807, 2.05) is 64.1 Å². The van der Waals surface area contributed by atoms with Crippen LogP contribution in [0.3, 0.4) is 0 Å². The lowest BCUT2D eigenvalue weighted by atomic mass is 9.58. The summed E-state index contributed by atoms with van der Waals surface area (Å²) >= 11 is 0. The molecule has 3 aliphatic rings. The zero-order valence-electron chi connectivity index (χ0n) is 21.0. The van der Waals surface area contributed by atoms with E-state index in [-0.39, 0.29) is 10.8 Å². The van der Waals surface area contributed by atoms with Crippen molar-refractivity contribution >= 4 is 21.8 Å². The monoisotopic (exact) mass is 494 g/mol. The summed E-state index contributed by atoms with van der Waals surface area (Å²) in [6.45, 7) is 11.9. The Morgan fingerprint density at radius 1 is 1.11 bits per heavy atom. The zero-order valence-corrected chi connectivity index (χ0v) is 21.8. The molecule has 2 fully saturated rings. The Kier molecular flexibility index (Phi) is 5.46. The van der Waals surface area contributed by atoms with Crippen molar-refractivity contribution in [1.29, 1.82) is 0 Å². The highest BCUT2D eigenvalue weighted by atomic mass is 32.2. The summed E-state index contributed by atoms with van der Waals surface area (Å²) in [5.41, 5.74) is 0.333. The van der Waals surface area contributed by atoms with Crippen LogP contribution in [0.25, 0.3) is 0 Å². The van der Waals surface area contributed by atoms with Gasteiger partial charge in [-0.15, -0.1) is 6.58 Å². The number of aryl methyl sites for hydroxylation is 1.